The standard InChI is InChI=1S/C7H15O2P/c1-7(10(8)9)5-3-2-4-6-7/h10H,2-6H2,1H3,(H,8,9). The summed E-state index contributed by atoms with van der Waals surface area (Å²) < 4.78 is 10.9. The maximum atomic E-state index is 10.9. The Bertz CT molecular complexity index is 139. The molecule has 0 saturated heterocycles. The molecule has 0 aromatic heterocycles. The van der Waals surface area contributed by atoms with Crippen LogP contribution in [0.2, 0.25) is 0 Å². The summed E-state index contributed by atoms with van der Waals surface area (Å²) in [6, 6.07) is 0. The SMILES string of the molecule is CC1([PH](=O)O)CCCCC1. The quantitative estimate of drug-likeness (QED) is 0.600. The van der Waals surface area contributed by atoms with Crippen LogP contribution in [0.3, 0.4) is 0 Å². The molecule has 1 unspecified atom stereocenters. The van der Waals surface area contributed by atoms with Crippen LogP contribution in [0.15, 0.2) is 0 Å². The van der Waals surface area contributed by atoms with Crippen molar-refractivity contribution < 1.29 is 9.46 Å². The molecule has 1 fully saturated rings. The second-order valence-corrected chi connectivity index (χ2v) is 5.24. The van der Waals surface area contributed by atoms with Crippen LogP contribution in [0.5, 0.6) is 0 Å². The molecule has 1 aliphatic rings. The first-order valence-corrected chi connectivity index (χ1v) is 5.24. The van der Waals surface area contributed by atoms with Crippen molar-refractivity contribution in [2.24, 2.45) is 0 Å². The molecule has 1 atom stereocenters. The fraction of sp³-hybridized carbons (Fsp3) is 1.00. The third kappa shape index (κ3) is 1.62. The van der Waals surface area contributed by atoms with E-state index in [-0.39, 0.29) is 5.16 Å². The molecule has 3 heteroatoms. The van der Waals surface area contributed by atoms with Gasteiger partial charge in [0.05, 0.1) is 0 Å². The van der Waals surface area contributed by atoms with Gasteiger partial charge >= 0.3 is 0 Å². The van der Waals surface area contributed by atoms with Crippen LogP contribution in [-0.2, 0) is 4.57 Å². The first kappa shape index (κ1) is 8.29. The predicted molar refractivity (Wildman–Crippen MR) is 42.7 cm³/mol. The fourth-order valence-corrected chi connectivity index (χ4v) is 2.33. The summed E-state index contributed by atoms with van der Waals surface area (Å²) in [6.45, 7) is 1.94. The molecule has 2 nitrogen and oxygen atoms in total. The molecule has 0 heterocycles. The van der Waals surface area contributed by atoms with E-state index in [0.29, 0.717) is 0 Å². The summed E-state index contributed by atoms with van der Waals surface area (Å²) in [5.74, 6) is 0. The second-order valence-electron chi connectivity index (χ2n) is 3.43. The van der Waals surface area contributed by atoms with Gasteiger partial charge in [0.25, 0.3) is 0 Å². The topological polar surface area (TPSA) is 37.3 Å². The van der Waals surface area contributed by atoms with E-state index in [0.717, 1.165) is 25.7 Å². The molecule has 60 valence electrons. The van der Waals surface area contributed by atoms with Crippen LogP contribution in [-0.4, -0.2) is 10.0 Å². The van der Waals surface area contributed by atoms with Gasteiger partial charge in [-0.05, 0) is 12.8 Å². The molecule has 0 spiro atoms. The van der Waals surface area contributed by atoms with E-state index in [1.54, 1.807) is 0 Å². The Morgan fingerprint density at radius 2 is 1.80 bits per heavy atom. The van der Waals surface area contributed by atoms with Crippen LogP contribution in [0.1, 0.15) is 39.0 Å². The van der Waals surface area contributed by atoms with Crippen molar-refractivity contribution in [2.45, 2.75) is 44.2 Å². The molecule has 1 N–H and O–H groups in total. The molecule has 0 aliphatic heterocycles. The molecule has 0 aromatic carbocycles. The highest BCUT2D eigenvalue weighted by molar-refractivity contribution is 7.40. The van der Waals surface area contributed by atoms with Crippen molar-refractivity contribution in [1.29, 1.82) is 0 Å². The van der Waals surface area contributed by atoms with Gasteiger partial charge in [0.15, 0.2) is 8.03 Å². The highest BCUT2D eigenvalue weighted by Gasteiger charge is 2.31. The molecule has 10 heavy (non-hydrogen) atoms. The summed E-state index contributed by atoms with van der Waals surface area (Å²) in [7, 11) is -2.28. The van der Waals surface area contributed by atoms with Gasteiger partial charge in [-0.2, -0.15) is 0 Å². The zero-order valence-electron chi connectivity index (χ0n) is 6.39. The largest absolute Gasteiger partial charge is 0.346 e. The lowest BCUT2D eigenvalue weighted by atomic mass is 9.90. The average molecular weight is 162 g/mol. The molecule has 1 aliphatic carbocycles. The second kappa shape index (κ2) is 3.06. The molecule has 0 radical (unpaired) electrons. The molecule has 1 rings (SSSR count). The predicted octanol–water partition coefficient (Wildman–Crippen LogP) is 2.18. The minimum Gasteiger partial charge on any atom is -0.346 e. The number of hydrogen-bond acceptors (Lipinski definition) is 1. The highest BCUT2D eigenvalue weighted by Crippen LogP contribution is 2.45. The summed E-state index contributed by atoms with van der Waals surface area (Å²) in [6.07, 6.45) is 5.40. The number of rotatable bonds is 1. The van der Waals surface area contributed by atoms with Crippen molar-refractivity contribution in [2.75, 3.05) is 0 Å². The van der Waals surface area contributed by atoms with Gasteiger partial charge in [0, 0.05) is 5.16 Å². The van der Waals surface area contributed by atoms with E-state index in [9.17, 15) is 4.57 Å². The molecular formula is C7H15O2P. The lowest BCUT2D eigenvalue weighted by Crippen LogP contribution is -2.22. The first-order valence-electron chi connectivity index (χ1n) is 3.88. The van der Waals surface area contributed by atoms with Crippen LogP contribution >= 0.6 is 8.03 Å². The minimum absolute atomic E-state index is 0.219. The smallest absolute Gasteiger partial charge is 0.194 e. The molecule has 1 saturated carbocycles. The van der Waals surface area contributed by atoms with Gasteiger partial charge in [-0.1, -0.05) is 26.2 Å². The van der Waals surface area contributed by atoms with Gasteiger partial charge in [-0.3, -0.25) is 4.57 Å². The Balaban J connectivity index is 2.56. The monoisotopic (exact) mass is 162 g/mol. The van der Waals surface area contributed by atoms with Crippen LogP contribution in [0.25, 0.3) is 0 Å². The summed E-state index contributed by atoms with van der Waals surface area (Å²) in [5.41, 5.74) is 0. The van der Waals surface area contributed by atoms with E-state index in [4.69, 9.17) is 4.89 Å². The third-order valence-electron chi connectivity index (χ3n) is 2.47. The Morgan fingerprint density at radius 1 is 1.30 bits per heavy atom. The lowest BCUT2D eigenvalue weighted by molar-refractivity contribution is 0.369. The van der Waals surface area contributed by atoms with E-state index in [2.05, 4.69) is 0 Å². The highest BCUT2D eigenvalue weighted by atomic mass is 31.1. The summed E-state index contributed by atoms with van der Waals surface area (Å²) in [4.78, 5) is 8.98. The van der Waals surface area contributed by atoms with E-state index in [1.165, 1.54) is 6.42 Å². The third-order valence-corrected chi connectivity index (χ3v) is 4.01. The van der Waals surface area contributed by atoms with E-state index < -0.39 is 8.03 Å². The Hall–Kier alpha value is 0.190. The fourth-order valence-electron chi connectivity index (χ4n) is 1.55. The van der Waals surface area contributed by atoms with Crippen molar-refractivity contribution in [3.8, 4) is 0 Å². The van der Waals surface area contributed by atoms with Crippen LogP contribution in [0.4, 0.5) is 0 Å². The summed E-state index contributed by atoms with van der Waals surface area (Å²) >= 11 is 0. The van der Waals surface area contributed by atoms with Gasteiger partial charge < -0.3 is 4.89 Å². The van der Waals surface area contributed by atoms with Gasteiger partial charge in [-0.15, -0.1) is 0 Å². The van der Waals surface area contributed by atoms with Gasteiger partial charge in [0.2, 0.25) is 0 Å². The van der Waals surface area contributed by atoms with Gasteiger partial charge in [-0.25, -0.2) is 0 Å². The van der Waals surface area contributed by atoms with Crippen LogP contribution in [0, 0.1) is 0 Å². The Morgan fingerprint density at radius 3 is 2.10 bits per heavy atom. The Labute approximate surface area is 62.5 Å². The zero-order valence-corrected chi connectivity index (χ0v) is 7.39. The minimum atomic E-state index is -2.28. The van der Waals surface area contributed by atoms with Crippen molar-refractivity contribution >= 4 is 8.03 Å². The van der Waals surface area contributed by atoms with E-state index in [1.807, 2.05) is 6.92 Å². The Kier molecular flexibility index (Phi) is 2.54. The maximum absolute atomic E-state index is 10.9. The summed E-state index contributed by atoms with van der Waals surface area (Å²) in [5, 5.41) is -0.219. The van der Waals surface area contributed by atoms with Gasteiger partial charge in [0.1, 0.15) is 0 Å². The van der Waals surface area contributed by atoms with Crippen molar-refractivity contribution in [3.05, 3.63) is 0 Å². The van der Waals surface area contributed by atoms with E-state index >= 15 is 0 Å². The normalized spacial score (nSPS) is 27.8. The van der Waals surface area contributed by atoms with Crippen molar-refractivity contribution in [1.82, 2.24) is 0 Å². The average Bonchev–Trinajstić information content (AvgIpc) is 1.89. The molecule has 0 aromatic rings. The van der Waals surface area contributed by atoms with Crippen molar-refractivity contribution in [3.63, 3.8) is 0 Å². The molecular weight excluding hydrogens is 147 g/mol. The lowest BCUT2D eigenvalue weighted by Gasteiger charge is -2.30. The molecule has 0 bridgehead atoms. The molecule has 0 amide bonds. The first-order chi connectivity index (χ1) is 4.65. The maximum Gasteiger partial charge on any atom is 0.194 e. The zero-order chi connectivity index (χ0) is 7.61. The van der Waals surface area contributed by atoms with Crippen LogP contribution < -0.4 is 0 Å². The number of hydrogen-bond donors (Lipinski definition) is 1.